The Bertz CT molecular complexity index is 664. The van der Waals surface area contributed by atoms with Crippen molar-refractivity contribution in [1.82, 2.24) is 9.38 Å². The molecule has 0 unspecified atom stereocenters. The number of aromatic nitrogens is 2. The van der Waals surface area contributed by atoms with Crippen LogP contribution in [-0.4, -0.2) is 20.5 Å². The predicted molar refractivity (Wildman–Crippen MR) is 62.8 cm³/mol. The van der Waals surface area contributed by atoms with Gasteiger partial charge in [0.2, 0.25) is 0 Å². The maximum atomic E-state index is 12.0. The fourth-order valence-corrected chi connectivity index (χ4v) is 1.87. The highest BCUT2D eigenvalue weighted by Gasteiger charge is 2.11. The second-order valence-corrected chi connectivity index (χ2v) is 3.85. The maximum absolute atomic E-state index is 12.0. The lowest BCUT2D eigenvalue weighted by atomic mass is 10.2. The number of hydrogen-bond acceptors (Lipinski definition) is 3. The topological polar surface area (TPSA) is 71.7 Å². The van der Waals surface area contributed by atoms with Crippen LogP contribution in [0.2, 0.25) is 5.15 Å². The Labute approximate surface area is 101 Å². The molecule has 2 aromatic heterocycles. The van der Waals surface area contributed by atoms with Crippen LogP contribution in [0.5, 0.6) is 0 Å². The molecule has 0 spiro atoms. The molecule has 6 heteroatoms. The third-order valence-corrected chi connectivity index (χ3v) is 2.78. The maximum Gasteiger partial charge on any atom is 0.337 e. The van der Waals surface area contributed by atoms with Crippen molar-refractivity contribution in [2.24, 2.45) is 0 Å². The number of rotatable bonds is 2. The monoisotopic (exact) mass is 252 g/mol. The molecular formula is C11H9ClN2O3. The SMILES string of the molecule is CCc1c(Cl)nc2ccc(C(=O)O)cn2c1=O. The molecule has 0 aromatic carbocycles. The van der Waals surface area contributed by atoms with E-state index in [0.717, 1.165) is 0 Å². The number of carboxylic acids is 1. The Morgan fingerprint density at radius 2 is 2.24 bits per heavy atom. The fraction of sp³-hybridized carbons (Fsp3) is 0.182. The summed E-state index contributed by atoms with van der Waals surface area (Å²) in [7, 11) is 0. The number of halogens is 1. The Morgan fingerprint density at radius 3 is 2.82 bits per heavy atom. The van der Waals surface area contributed by atoms with Gasteiger partial charge in [-0.15, -0.1) is 0 Å². The normalized spacial score (nSPS) is 10.7. The number of carboxylic acid groups (broad SMARTS) is 1. The molecule has 5 nitrogen and oxygen atoms in total. The minimum Gasteiger partial charge on any atom is -0.478 e. The van der Waals surface area contributed by atoms with Crippen LogP contribution in [0.3, 0.4) is 0 Å². The molecule has 1 N–H and O–H groups in total. The smallest absolute Gasteiger partial charge is 0.337 e. The molecule has 2 rings (SSSR count). The second kappa shape index (κ2) is 4.18. The van der Waals surface area contributed by atoms with Crippen molar-refractivity contribution in [2.75, 3.05) is 0 Å². The molecule has 0 atom stereocenters. The van der Waals surface area contributed by atoms with Gasteiger partial charge in [0.1, 0.15) is 10.8 Å². The van der Waals surface area contributed by atoms with E-state index >= 15 is 0 Å². The van der Waals surface area contributed by atoms with E-state index in [1.54, 1.807) is 6.92 Å². The van der Waals surface area contributed by atoms with Crippen molar-refractivity contribution < 1.29 is 9.90 Å². The first kappa shape index (κ1) is 11.6. The second-order valence-electron chi connectivity index (χ2n) is 3.49. The van der Waals surface area contributed by atoms with Gasteiger partial charge in [-0.25, -0.2) is 9.78 Å². The Morgan fingerprint density at radius 1 is 1.53 bits per heavy atom. The average Bonchev–Trinajstić information content (AvgIpc) is 2.29. The highest BCUT2D eigenvalue weighted by Crippen LogP contribution is 2.12. The van der Waals surface area contributed by atoms with E-state index in [2.05, 4.69) is 4.98 Å². The number of aromatic carboxylic acids is 1. The Balaban J connectivity index is 2.85. The first-order valence-electron chi connectivity index (χ1n) is 4.98. The summed E-state index contributed by atoms with van der Waals surface area (Å²) in [5.41, 5.74) is 0.422. The summed E-state index contributed by atoms with van der Waals surface area (Å²) < 4.78 is 1.20. The predicted octanol–water partition coefficient (Wildman–Crippen LogP) is 1.61. The molecular weight excluding hydrogens is 244 g/mol. The molecule has 88 valence electrons. The van der Waals surface area contributed by atoms with Gasteiger partial charge in [-0.05, 0) is 18.6 Å². The van der Waals surface area contributed by atoms with Crippen LogP contribution in [0.1, 0.15) is 22.8 Å². The van der Waals surface area contributed by atoms with E-state index in [1.807, 2.05) is 0 Å². The van der Waals surface area contributed by atoms with Crippen molar-refractivity contribution in [3.8, 4) is 0 Å². The summed E-state index contributed by atoms with van der Waals surface area (Å²) in [6, 6.07) is 2.84. The standard InChI is InChI=1S/C11H9ClN2O3/c1-2-7-9(12)13-8-4-3-6(11(16)17)5-14(8)10(7)15/h3-5H,2H2,1H3,(H,16,17). The van der Waals surface area contributed by atoms with Crippen LogP contribution in [-0.2, 0) is 6.42 Å². The Hall–Kier alpha value is -1.88. The van der Waals surface area contributed by atoms with Crippen LogP contribution in [0.15, 0.2) is 23.1 Å². The van der Waals surface area contributed by atoms with E-state index in [-0.39, 0.29) is 16.3 Å². The summed E-state index contributed by atoms with van der Waals surface area (Å²) >= 11 is 5.87. The van der Waals surface area contributed by atoms with Crippen LogP contribution >= 0.6 is 11.6 Å². The van der Waals surface area contributed by atoms with E-state index in [9.17, 15) is 9.59 Å². The zero-order chi connectivity index (χ0) is 12.6. The van der Waals surface area contributed by atoms with Gasteiger partial charge in [-0.2, -0.15) is 0 Å². The molecule has 0 aliphatic rings. The van der Waals surface area contributed by atoms with Gasteiger partial charge in [-0.1, -0.05) is 18.5 Å². The number of fused-ring (bicyclic) bond motifs is 1. The molecule has 0 saturated carbocycles. The Kier molecular flexibility index (Phi) is 2.85. The average molecular weight is 253 g/mol. The van der Waals surface area contributed by atoms with Gasteiger partial charge < -0.3 is 5.11 Å². The van der Waals surface area contributed by atoms with Crippen LogP contribution in [0.25, 0.3) is 5.65 Å². The summed E-state index contributed by atoms with van der Waals surface area (Å²) in [4.78, 5) is 26.9. The van der Waals surface area contributed by atoms with Gasteiger partial charge in [0.25, 0.3) is 5.56 Å². The van der Waals surface area contributed by atoms with Crippen LogP contribution < -0.4 is 5.56 Å². The van der Waals surface area contributed by atoms with Gasteiger partial charge in [0.15, 0.2) is 0 Å². The third-order valence-electron chi connectivity index (χ3n) is 2.47. The van der Waals surface area contributed by atoms with Crippen molar-refractivity contribution in [3.63, 3.8) is 0 Å². The third kappa shape index (κ3) is 1.89. The number of carbonyl (C=O) groups is 1. The lowest BCUT2D eigenvalue weighted by Gasteiger charge is -2.05. The van der Waals surface area contributed by atoms with E-state index < -0.39 is 5.97 Å². The highest BCUT2D eigenvalue weighted by atomic mass is 35.5. The zero-order valence-electron chi connectivity index (χ0n) is 8.98. The fourth-order valence-electron chi connectivity index (χ4n) is 1.57. The van der Waals surface area contributed by atoms with E-state index in [0.29, 0.717) is 17.6 Å². The lowest BCUT2D eigenvalue weighted by Crippen LogP contribution is -2.20. The molecule has 2 heterocycles. The van der Waals surface area contributed by atoms with Gasteiger partial charge in [-0.3, -0.25) is 9.20 Å². The molecule has 0 aliphatic carbocycles. The van der Waals surface area contributed by atoms with Crippen LogP contribution in [0.4, 0.5) is 0 Å². The summed E-state index contributed by atoms with van der Waals surface area (Å²) in [5, 5.41) is 9.02. The molecule has 0 saturated heterocycles. The summed E-state index contributed by atoms with van der Waals surface area (Å²) in [6.45, 7) is 1.79. The molecule has 0 bridgehead atoms. The first-order chi connectivity index (χ1) is 8.04. The van der Waals surface area contributed by atoms with Crippen molar-refractivity contribution in [3.05, 3.63) is 45.0 Å². The number of nitrogens with zero attached hydrogens (tertiary/aromatic N) is 2. The molecule has 17 heavy (non-hydrogen) atoms. The molecule has 0 amide bonds. The lowest BCUT2D eigenvalue weighted by molar-refractivity contribution is 0.0696. The van der Waals surface area contributed by atoms with E-state index in [1.165, 1.54) is 22.7 Å². The van der Waals surface area contributed by atoms with Gasteiger partial charge in [0.05, 0.1) is 11.1 Å². The zero-order valence-corrected chi connectivity index (χ0v) is 9.73. The molecule has 0 radical (unpaired) electrons. The minimum atomic E-state index is -1.09. The van der Waals surface area contributed by atoms with Gasteiger partial charge in [0, 0.05) is 6.20 Å². The van der Waals surface area contributed by atoms with Gasteiger partial charge >= 0.3 is 5.97 Å². The number of hydrogen-bond donors (Lipinski definition) is 1. The summed E-state index contributed by atoms with van der Waals surface area (Å²) in [6.07, 6.45) is 1.70. The quantitative estimate of drug-likeness (QED) is 0.825. The van der Waals surface area contributed by atoms with Crippen molar-refractivity contribution in [1.29, 1.82) is 0 Å². The first-order valence-corrected chi connectivity index (χ1v) is 5.36. The largest absolute Gasteiger partial charge is 0.478 e. The highest BCUT2D eigenvalue weighted by molar-refractivity contribution is 6.30. The number of pyridine rings is 1. The molecule has 0 fully saturated rings. The van der Waals surface area contributed by atoms with E-state index in [4.69, 9.17) is 16.7 Å². The summed E-state index contributed by atoms with van der Waals surface area (Å²) in [5.74, 6) is -1.09. The van der Waals surface area contributed by atoms with Crippen molar-refractivity contribution >= 4 is 23.2 Å². The molecule has 0 aliphatic heterocycles. The van der Waals surface area contributed by atoms with Crippen molar-refractivity contribution in [2.45, 2.75) is 13.3 Å². The minimum absolute atomic E-state index is 0.0331. The van der Waals surface area contributed by atoms with Crippen LogP contribution in [0, 0.1) is 0 Å². The molecule has 2 aromatic rings.